The summed E-state index contributed by atoms with van der Waals surface area (Å²) in [5, 5.41) is 0. The monoisotopic (exact) mass is 855 g/mol. The molecule has 0 radical (unpaired) electrons. The van der Waals surface area contributed by atoms with Crippen LogP contribution in [-0.2, 0) is 5.41 Å². The van der Waals surface area contributed by atoms with Crippen LogP contribution in [0.2, 0.25) is 0 Å². The van der Waals surface area contributed by atoms with Gasteiger partial charge in [-0.25, -0.2) is 0 Å². The van der Waals surface area contributed by atoms with Crippen LogP contribution in [0.15, 0.2) is 200 Å². The second-order valence-electron chi connectivity index (χ2n) is 18.4. The average Bonchev–Trinajstić information content (AvgIpc) is 3.33. The van der Waals surface area contributed by atoms with E-state index < -0.39 is 5.41 Å². The third kappa shape index (κ3) is 7.26. The van der Waals surface area contributed by atoms with Crippen molar-refractivity contribution in [2.75, 3.05) is 14.7 Å². The maximum absolute atomic E-state index is 2.45. The van der Waals surface area contributed by atoms with Gasteiger partial charge in [-0.15, -0.1) is 0 Å². The molecule has 0 fully saturated rings. The number of para-hydroxylation sites is 3. The summed E-state index contributed by atoms with van der Waals surface area (Å²) in [6, 6.07) is 74.8. The molecule has 3 nitrogen and oxygen atoms in total. The fourth-order valence-corrected chi connectivity index (χ4v) is 10.3. The van der Waals surface area contributed by atoms with Crippen LogP contribution in [0.5, 0.6) is 0 Å². The number of fused-ring (bicyclic) bond motifs is 2. The molecule has 1 aliphatic heterocycles. The molecule has 0 aromatic heterocycles. The highest BCUT2D eigenvalue weighted by molar-refractivity contribution is 5.90. The maximum Gasteiger partial charge on any atom is 0.0742 e. The van der Waals surface area contributed by atoms with Crippen molar-refractivity contribution in [3.63, 3.8) is 0 Å². The molecule has 0 atom stereocenters. The van der Waals surface area contributed by atoms with Crippen LogP contribution in [0.1, 0.15) is 66.8 Å². The van der Waals surface area contributed by atoms with E-state index >= 15 is 0 Å². The van der Waals surface area contributed by atoms with E-state index in [0.717, 1.165) is 28.4 Å². The molecule has 9 aromatic rings. The molecule has 324 valence electrons. The molecular weight excluding hydrogens is 799 g/mol. The molecule has 0 spiro atoms. The maximum atomic E-state index is 2.45. The van der Waals surface area contributed by atoms with Crippen LogP contribution in [0.3, 0.4) is 0 Å². The minimum absolute atomic E-state index is 0.678. The lowest BCUT2D eigenvalue weighted by atomic mass is 9.62. The Morgan fingerprint density at radius 2 is 0.636 bits per heavy atom. The summed E-state index contributed by atoms with van der Waals surface area (Å²) in [4.78, 5) is 7.34. The zero-order valence-corrected chi connectivity index (χ0v) is 39.4. The molecule has 1 heterocycles. The van der Waals surface area contributed by atoms with Crippen molar-refractivity contribution in [3.8, 4) is 0 Å². The summed E-state index contributed by atoms with van der Waals surface area (Å²) in [5.41, 5.74) is 24.5. The molecule has 3 heteroatoms. The van der Waals surface area contributed by atoms with Crippen molar-refractivity contribution in [1.29, 1.82) is 0 Å². The molecule has 0 aliphatic carbocycles. The Bertz CT molecular complexity index is 2930. The van der Waals surface area contributed by atoms with Gasteiger partial charge in [0, 0.05) is 39.8 Å². The summed E-state index contributed by atoms with van der Waals surface area (Å²) < 4.78 is 0. The lowest BCUT2D eigenvalue weighted by molar-refractivity contribution is 0.731. The van der Waals surface area contributed by atoms with Gasteiger partial charge in [0.05, 0.1) is 16.8 Å². The second-order valence-corrected chi connectivity index (χ2v) is 18.4. The molecule has 0 saturated heterocycles. The molecule has 0 bridgehead atoms. The normalized spacial score (nSPS) is 12.6. The van der Waals surface area contributed by atoms with Crippen molar-refractivity contribution in [2.24, 2.45) is 0 Å². The van der Waals surface area contributed by atoms with Gasteiger partial charge in [0.1, 0.15) is 0 Å². The molecule has 0 unspecified atom stereocenters. The first-order valence-corrected chi connectivity index (χ1v) is 23.2. The van der Waals surface area contributed by atoms with E-state index in [1.54, 1.807) is 0 Å². The largest absolute Gasteiger partial charge is 0.310 e. The van der Waals surface area contributed by atoms with Crippen molar-refractivity contribution in [1.82, 2.24) is 0 Å². The zero-order valence-electron chi connectivity index (χ0n) is 39.4. The van der Waals surface area contributed by atoms with E-state index in [1.165, 1.54) is 89.5 Å². The number of hydrogen-bond donors (Lipinski definition) is 0. The van der Waals surface area contributed by atoms with Crippen molar-refractivity contribution < 1.29 is 0 Å². The molecule has 0 saturated carbocycles. The van der Waals surface area contributed by atoms with Gasteiger partial charge >= 0.3 is 0 Å². The van der Waals surface area contributed by atoms with E-state index in [0.29, 0.717) is 0 Å². The third-order valence-corrected chi connectivity index (χ3v) is 13.7. The van der Waals surface area contributed by atoms with Crippen LogP contribution in [0.25, 0.3) is 0 Å². The minimum Gasteiger partial charge on any atom is -0.310 e. The smallest absolute Gasteiger partial charge is 0.0742 e. The van der Waals surface area contributed by atoms with Gasteiger partial charge in [0.15, 0.2) is 0 Å². The highest BCUT2D eigenvalue weighted by Crippen LogP contribution is 2.58. The number of rotatable bonds is 9. The first kappa shape index (κ1) is 42.3. The molecule has 0 amide bonds. The molecule has 1 aliphatic rings. The van der Waals surface area contributed by atoms with Crippen LogP contribution in [0, 0.1) is 55.4 Å². The molecule has 10 rings (SSSR count). The van der Waals surface area contributed by atoms with Crippen molar-refractivity contribution in [2.45, 2.75) is 60.8 Å². The average molecular weight is 856 g/mol. The first-order valence-electron chi connectivity index (χ1n) is 23.2. The molecule has 9 aromatic carbocycles. The standard InChI is InChI=1S/C63H57N3/c1-42-22-26-46(5)59(38-42)65(60-39-43(2)23-27-47(60)6)53-34-30-50(31-35-53)63(55-18-12-14-20-57(55)64(52-16-10-9-11-17-52)58-21-15-13-19-56(58)63)51-32-36-54(37-33-51)66(61-40-44(3)24-28-48(61)7)62-41-45(4)25-29-49(62)8/h9-41H,1-8H3. The Balaban J connectivity index is 1.22. The predicted molar refractivity (Wildman–Crippen MR) is 280 cm³/mol. The third-order valence-electron chi connectivity index (χ3n) is 13.7. The number of anilines is 9. The number of benzene rings is 9. The predicted octanol–water partition coefficient (Wildman–Crippen LogP) is 17.3. The SMILES string of the molecule is Cc1ccc(C)c(N(c2ccc(C3(c4ccc(N(c5cc(C)ccc5C)c5cc(C)ccc5C)cc4)c4ccccc4N(c4ccccc4)c4ccccc43)cc2)c2cc(C)ccc2C)c1. The Hall–Kier alpha value is -7.62. The molecule has 0 N–H and O–H groups in total. The van der Waals surface area contributed by atoms with Gasteiger partial charge in [-0.1, -0.05) is 127 Å². The Labute approximate surface area is 391 Å². The number of aryl methyl sites for hydroxylation is 8. The van der Waals surface area contributed by atoms with E-state index in [9.17, 15) is 0 Å². The lowest BCUT2D eigenvalue weighted by Crippen LogP contribution is -2.37. The van der Waals surface area contributed by atoms with Gasteiger partial charge in [-0.05, 0) is 195 Å². The van der Waals surface area contributed by atoms with E-state index in [2.05, 4.69) is 270 Å². The van der Waals surface area contributed by atoms with E-state index in [4.69, 9.17) is 0 Å². The van der Waals surface area contributed by atoms with Gasteiger partial charge in [0.2, 0.25) is 0 Å². The van der Waals surface area contributed by atoms with Crippen molar-refractivity contribution >= 4 is 51.2 Å². The summed E-state index contributed by atoms with van der Waals surface area (Å²) in [7, 11) is 0. The van der Waals surface area contributed by atoms with E-state index in [1.807, 2.05) is 0 Å². The lowest BCUT2D eigenvalue weighted by Gasteiger charge is -2.46. The summed E-state index contributed by atoms with van der Waals surface area (Å²) in [6.45, 7) is 17.6. The fourth-order valence-electron chi connectivity index (χ4n) is 10.3. The van der Waals surface area contributed by atoms with Crippen LogP contribution in [-0.4, -0.2) is 0 Å². The minimum atomic E-state index is -0.678. The van der Waals surface area contributed by atoms with Crippen LogP contribution in [0.4, 0.5) is 51.2 Å². The summed E-state index contributed by atoms with van der Waals surface area (Å²) in [5.74, 6) is 0. The molecular formula is C63H57N3. The Morgan fingerprint density at radius 1 is 0.318 bits per heavy atom. The summed E-state index contributed by atoms with van der Waals surface area (Å²) in [6.07, 6.45) is 0. The highest BCUT2D eigenvalue weighted by Gasteiger charge is 2.46. The van der Waals surface area contributed by atoms with E-state index in [-0.39, 0.29) is 0 Å². The summed E-state index contributed by atoms with van der Waals surface area (Å²) >= 11 is 0. The molecule has 66 heavy (non-hydrogen) atoms. The fraction of sp³-hybridized carbons (Fsp3) is 0.143. The van der Waals surface area contributed by atoms with Gasteiger partial charge in [0.25, 0.3) is 0 Å². The van der Waals surface area contributed by atoms with Gasteiger partial charge in [-0.2, -0.15) is 0 Å². The highest BCUT2D eigenvalue weighted by atomic mass is 15.2. The Kier molecular flexibility index (Phi) is 10.9. The van der Waals surface area contributed by atoms with Crippen LogP contribution < -0.4 is 14.7 Å². The number of nitrogens with zero attached hydrogens (tertiary/aromatic N) is 3. The van der Waals surface area contributed by atoms with Gasteiger partial charge in [-0.3, -0.25) is 0 Å². The van der Waals surface area contributed by atoms with Crippen molar-refractivity contribution in [3.05, 3.63) is 267 Å². The first-order chi connectivity index (χ1) is 32.0. The second kappa shape index (κ2) is 17.1. The topological polar surface area (TPSA) is 9.72 Å². The Morgan fingerprint density at radius 3 is 0.985 bits per heavy atom. The quantitative estimate of drug-likeness (QED) is 0.143. The van der Waals surface area contributed by atoms with Gasteiger partial charge < -0.3 is 14.7 Å². The van der Waals surface area contributed by atoms with Crippen LogP contribution >= 0.6 is 0 Å². The number of hydrogen-bond acceptors (Lipinski definition) is 3. The zero-order chi connectivity index (χ0) is 45.7.